The van der Waals surface area contributed by atoms with E-state index in [1.165, 1.54) is 22.3 Å². The molecule has 0 aliphatic heterocycles. The average Bonchev–Trinajstić information content (AvgIpc) is 2.48. The van der Waals surface area contributed by atoms with Crippen molar-refractivity contribution >= 4 is 5.91 Å². The van der Waals surface area contributed by atoms with Gasteiger partial charge in [0, 0.05) is 0 Å². The van der Waals surface area contributed by atoms with Crippen molar-refractivity contribution < 1.29 is 4.79 Å². The second kappa shape index (κ2) is 7.26. The standard InChI is InChI=1S/C20H25NO/c1-5-19(18-9-7-6-8-15(18)3)21-20(22)13-17-11-10-14(2)12-16(17)4/h6-12,19H,5,13H2,1-4H3,(H,21,22)/t19-/m1/s1. The van der Waals surface area contributed by atoms with Crippen molar-refractivity contribution in [1.82, 2.24) is 5.32 Å². The lowest BCUT2D eigenvalue weighted by Gasteiger charge is -2.20. The van der Waals surface area contributed by atoms with Crippen molar-refractivity contribution in [3.63, 3.8) is 0 Å². The number of carbonyl (C=O) groups excluding carboxylic acids is 1. The second-order valence-electron chi connectivity index (χ2n) is 5.99. The number of rotatable bonds is 5. The fraction of sp³-hybridized carbons (Fsp3) is 0.350. The Bertz CT molecular complexity index is 661. The van der Waals surface area contributed by atoms with E-state index in [4.69, 9.17) is 0 Å². The number of aryl methyl sites for hydroxylation is 3. The molecule has 0 aromatic heterocycles. The van der Waals surface area contributed by atoms with Crippen LogP contribution in [0.4, 0.5) is 0 Å². The molecular formula is C20H25NO. The van der Waals surface area contributed by atoms with Crippen LogP contribution in [0.5, 0.6) is 0 Å². The third-order valence-electron chi connectivity index (χ3n) is 4.16. The van der Waals surface area contributed by atoms with Crippen LogP contribution >= 0.6 is 0 Å². The van der Waals surface area contributed by atoms with Crippen LogP contribution in [0.25, 0.3) is 0 Å². The molecule has 2 aromatic carbocycles. The van der Waals surface area contributed by atoms with E-state index in [1.54, 1.807) is 0 Å². The second-order valence-corrected chi connectivity index (χ2v) is 5.99. The molecule has 0 saturated carbocycles. The van der Waals surface area contributed by atoms with E-state index in [0.717, 1.165) is 12.0 Å². The van der Waals surface area contributed by atoms with Gasteiger partial charge in [-0.1, -0.05) is 55.0 Å². The minimum absolute atomic E-state index is 0.0828. The first-order chi connectivity index (χ1) is 10.5. The quantitative estimate of drug-likeness (QED) is 0.869. The SMILES string of the molecule is CC[C@@H](NC(=O)Cc1ccc(C)cc1C)c1ccccc1C. The molecule has 116 valence electrons. The van der Waals surface area contributed by atoms with Gasteiger partial charge in [-0.15, -0.1) is 0 Å². The van der Waals surface area contributed by atoms with E-state index in [2.05, 4.69) is 63.3 Å². The highest BCUT2D eigenvalue weighted by Crippen LogP contribution is 2.20. The Hall–Kier alpha value is -2.09. The molecule has 2 heteroatoms. The first-order valence-electron chi connectivity index (χ1n) is 7.92. The zero-order valence-electron chi connectivity index (χ0n) is 13.9. The van der Waals surface area contributed by atoms with Crippen molar-refractivity contribution in [3.8, 4) is 0 Å². The van der Waals surface area contributed by atoms with Gasteiger partial charge in [-0.25, -0.2) is 0 Å². The molecule has 2 nitrogen and oxygen atoms in total. The molecule has 0 aliphatic rings. The maximum absolute atomic E-state index is 12.4. The van der Waals surface area contributed by atoms with Gasteiger partial charge >= 0.3 is 0 Å². The van der Waals surface area contributed by atoms with Crippen LogP contribution in [0.1, 0.15) is 47.2 Å². The molecule has 0 aliphatic carbocycles. The molecular weight excluding hydrogens is 270 g/mol. The maximum Gasteiger partial charge on any atom is 0.224 e. The first-order valence-corrected chi connectivity index (χ1v) is 7.92. The maximum atomic E-state index is 12.4. The molecule has 0 heterocycles. The number of nitrogens with one attached hydrogen (secondary N) is 1. The smallest absolute Gasteiger partial charge is 0.224 e. The van der Waals surface area contributed by atoms with E-state index in [9.17, 15) is 4.79 Å². The number of carbonyl (C=O) groups is 1. The minimum atomic E-state index is 0.0828. The third-order valence-corrected chi connectivity index (χ3v) is 4.16. The molecule has 0 bridgehead atoms. The predicted octanol–water partition coefficient (Wildman–Crippen LogP) is 4.42. The molecule has 2 rings (SSSR count). The van der Waals surface area contributed by atoms with Gasteiger partial charge in [-0.3, -0.25) is 4.79 Å². The lowest BCUT2D eigenvalue weighted by molar-refractivity contribution is -0.121. The topological polar surface area (TPSA) is 29.1 Å². The first kappa shape index (κ1) is 16.3. The molecule has 1 N–H and O–H groups in total. The van der Waals surface area contributed by atoms with Gasteiger partial charge in [0.1, 0.15) is 0 Å². The fourth-order valence-corrected chi connectivity index (χ4v) is 2.84. The van der Waals surface area contributed by atoms with Crippen LogP contribution in [0.15, 0.2) is 42.5 Å². The summed E-state index contributed by atoms with van der Waals surface area (Å²) in [4.78, 5) is 12.4. The van der Waals surface area contributed by atoms with Crippen molar-refractivity contribution in [2.45, 2.75) is 46.6 Å². The largest absolute Gasteiger partial charge is 0.349 e. The normalized spacial score (nSPS) is 12.0. The summed E-state index contributed by atoms with van der Waals surface area (Å²) < 4.78 is 0. The Morgan fingerprint density at radius 3 is 2.41 bits per heavy atom. The van der Waals surface area contributed by atoms with Gasteiger partial charge in [0.25, 0.3) is 0 Å². The number of hydrogen-bond acceptors (Lipinski definition) is 1. The number of benzene rings is 2. The van der Waals surface area contributed by atoms with Gasteiger partial charge in [-0.2, -0.15) is 0 Å². The molecule has 22 heavy (non-hydrogen) atoms. The summed E-state index contributed by atoms with van der Waals surface area (Å²) in [6, 6.07) is 14.6. The molecule has 0 unspecified atom stereocenters. The van der Waals surface area contributed by atoms with Crippen molar-refractivity contribution in [1.29, 1.82) is 0 Å². The molecule has 1 amide bonds. The highest BCUT2D eigenvalue weighted by Gasteiger charge is 2.15. The Morgan fingerprint density at radius 1 is 1.05 bits per heavy atom. The fourth-order valence-electron chi connectivity index (χ4n) is 2.84. The van der Waals surface area contributed by atoms with Crippen molar-refractivity contribution in [2.75, 3.05) is 0 Å². The highest BCUT2D eigenvalue weighted by atomic mass is 16.1. The van der Waals surface area contributed by atoms with Gasteiger partial charge in [0.05, 0.1) is 12.5 Å². The van der Waals surface area contributed by atoms with Crippen LogP contribution in [-0.2, 0) is 11.2 Å². The summed E-state index contributed by atoms with van der Waals surface area (Å²) >= 11 is 0. The van der Waals surface area contributed by atoms with Crippen LogP contribution < -0.4 is 5.32 Å². The minimum Gasteiger partial charge on any atom is -0.349 e. The highest BCUT2D eigenvalue weighted by molar-refractivity contribution is 5.79. The lowest BCUT2D eigenvalue weighted by atomic mass is 9.98. The average molecular weight is 295 g/mol. The summed E-state index contributed by atoms with van der Waals surface area (Å²) in [6.07, 6.45) is 1.33. The number of amides is 1. The Balaban J connectivity index is 2.08. The zero-order valence-corrected chi connectivity index (χ0v) is 13.9. The number of hydrogen-bond donors (Lipinski definition) is 1. The van der Waals surface area contributed by atoms with Gasteiger partial charge in [0.2, 0.25) is 5.91 Å². The monoisotopic (exact) mass is 295 g/mol. The third kappa shape index (κ3) is 3.97. The van der Waals surface area contributed by atoms with Crippen molar-refractivity contribution in [3.05, 3.63) is 70.3 Å². The van der Waals surface area contributed by atoms with Gasteiger partial charge in [0.15, 0.2) is 0 Å². The van der Waals surface area contributed by atoms with E-state index in [1.807, 2.05) is 12.1 Å². The molecule has 1 atom stereocenters. The summed E-state index contributed by atoms with van der Waals surface area (Å²) in [5.41, 5.74) is 5.94. The summed E-state index contributed by atoms with van der Waals surface area (Å²) in [7, 11) is 0. The summed E-state index contributed by atoms with van der Waals surface area (Å²) in [6.45, 7) is 8.33. The van der Waals surface area contributed by atoms with Crippen molar-refractivity contribution in [2.24, 2.45) is 0 Å². The van der Waals surface area contributed by atoms with Crippen LogP contribution in [-0.4, -0.2) is 5.91 Å². The predicted molar refractivity (Wildman–Crippen MR) is 92.0 cm³/mol. The zero-order chi connectivity index (χ0) is 16.1. The molecule has 2 aromatic rings. The molecule has 0 fully saturated rings. The van der Waals surface area contributed by atoms with Gasteiger partial charge in [-0.05, 0) is 49.4 Å². The molecule has 0 radical (unpaired) electrons. The van der Waals surface area contributed by atoms with E-state index in [0.29, 0.717) is 6.42 Å². The van der Waals surface area contributed by atoms with E-state index in [-0.39, 0.29) is 11.9 Å². The van der Waals surface area contributed by atoms with E-state index >= 15 is 0 Å². The Morgan fingerprint density at radius 2 is 1.77 bits per heavy atom. The van der Waals surface area contributed by atoms with Crippen LogP contribution in [0, 0.1) is 20.8 Å². The summed E-state index contributed by atoms with van der Waals surface area (Å²) in [5.74, 6) is 0.0852. The Kier molecular flexibility index (Phi) is 5.37. The summed E-state index contributed by atoms with van der Waals surface area (Å²) in [5, 5.41) is 3.18. The van der Waals surface area contributed by atoms with Crippen LogP contribution in [0.2, 0.25) is 0 Å². The Labute approximate surface area is 133 Å². The molecule has 0 spiro atoms. The van der Waals surface area contributed by atoms with Crippen LogP contribution in [0.3, 0.4) is 0 Å². The molecule has 0 saturated heterocycles. The van der Waals surface area contributed by atoms with Gasteiger partial charge < -0.3 is 5.32 Å². The van der Waals surface area contributed by atoms with E-state index < -0.39 is 0 Å². The lowest BCUT2D eigenvalue weighted by Crippen LogP contribution is -2.30.